The minimum absolute atomic E-state index is 0.345. The second kappa shape index (κ2) is 6.37. The highest BCUT2D eigenvalue weighted by Crippen LogP contribution is 2.32. The zero-order chi connectivity index (χ0) is 13.8. The molecule has 1 saturated carbocycles. The number of nitrogens with zero attached hydrogens (tertiary/aromatic N) is 4. The second-order valence-electron chi connectivity index (χ2n) is 5.08. The molecule has 0 radical (unpaired) electrons. The molecule has 2 aromatic rings. The van der Waals surface area contributed by atoms with E-state index in [1.165, 1.54) is 18.4 Å². The summed E-state index contributed by atoms with van der Waals surface area (Å²) in [6, 6.07) is 11.2. The van der Waals surface area contributed by atoms with Crippen molar-refractivity contribution in [1.82, 2.24) is 25.5 Å². The Morgan fingerprint density at radius 3 is 2.90 bits per heavy atom. The van der Waals surface area contributed by atoms with Gasteiger partial charge in [0.25, 0.3) is 0 Å². The van der Waals surface area contributed by atoms with E-state index >= 15 is 0 Å². The molecule has 0 aliphatic heterocycles. The number of benzene rings is 1. The van der Waals surface area contributed by atoms with Crippen molar-refractivity contribution in [3.63, 3.8) is 0 Å². The molecule has 1 aromatic carbocycles. The Labute approximate surface area is 123 Å². The first-order valence-electron chi connectivity index (χ1n) is 7.04. The van der Waals surface area contributed by atoms with E-state index in [-0.39, 0.29) is 0 Å². The smallest absolute Gasteiger partial charge is 0.209 e. The molecule has 1 aliphatic carbocycles. The van der Waals surface area contributed by atoms with Crippen LogP contribution in [0.3, 0.4) is 0 Å². The quantitative estimate of drug-likeness (QED) is 0.793. The van der Waals surface area contributed by atoms with Crippen LogP contribution in [0.1, 0.15) is 30.6 Å². The highest BCUT2D eigenvalue weighted by Gasteiger charge is 2.20. The molecular weight excluding hydrogens is 270 g/mol. The third-order valence-electron chi connectivity index (χ3n) is 3.38. The van der Waals surface area contributed by atoms with E-state index in [1.807, 2.05) is 10.7 Å². The van der Waals surface area contributed by atoms with Crippen molar-refractivity contribution in [3.8, 4) is 0 Å². The monoisotopic (exact) mass is 289 g/mol. The van der Waals surface area contributed by atoms with Gasteiger partial charge < -0.3 is 5.32 Å². The highest BCUT2D eigenvalue weighted by atomic mass is 32.2. The lowest BCUT2D eigenvalue weighted by molar-refractivity contribution is 0.509. The highest BCUT2D eigenvalue weighted by molar-refractivity contribution is 7.99. The van der Waals surface area contributed by atoms with Gasteiger partial charge in [-0.3, -0.25) is 0 Å². The molecule has 1 aliphatic rings. The standard InChI is InChI=1S/C14H19N5S/c1-11(12-5-3-2-4-6-12)20-14-16-17-18-19(14)10-9-15-13-7-8-13/h2-6,11,13,15H,7-10H2,1H3. The maximum absolute atomic E-state index is 4.13. The summed E-state index contributed by atoms with van der Waals surface area (Å²) in [6.45, 7) is 3.94. The molecule has 1 atom stereocenters. The molecule has 5 nitrogen and oxygen atoms in total. The third kappa shape index (κ3) is 3.58. The first-order valence-corrected chi connectivity index (χ1v) is 7.92. The largest absolute Gasteiger partial charge is 0.312 e. The van der Waals surface area contributed by atoms with Gasteiger partial charge in [-0.2, -0.15) is 0 Å². The molecule has 0 amide bonds. The summed E-state index contributed by atoms with van der Waals surface area (Å²) in [5.41, 5.74) is 1.29. The van der Waals surface area contributed by atoms with Gasteiger partial charge in [0.1, 0.15) is 0 Å². The van der Waals surface area contributed by atoms with Gasteiger partial charge in [-0.05, 0) is 35.8 Å². The Balaban J connectivity index is 1.57. The lowest BCUT2D eigenvalue weighted by Gasteiger charge is -2.11. The molecule has 1 aromatic heterocycles. The SMILES string of the molecule is CC(Sc1nnnn1CCNC1CC1)c1ccccc1. The zero-order valence-electron chi connectivity index (χ0n) is 11.6. The second-order valence-corrected chi connectivity index (χ2v) is 6.39. The van der Waals surface area contributed by atoms with Crippen LogP contribution < -0.4 is 5.32 Å². The Morgan fingerprint density at radius 1 is 1.35 bits per heavy atom. The third-order valence-corrected chi connectivity index (χ3v) is 4.51. The van der Waals surface area contributed by atoms with Gasteiger partial charge in [-0.25, -0.2) is 4.68 Å². The molecule has 1 fully saturated rings. The van der Waals surface area contributed by atoms with Crippen LogP contribution in [0.15, 0.2) is 35.5 Å². The Morgan fingerprint density at radius 2 is 2.15 bits per heavy atom. The maximum Gasteiger partial charge on any atom is 0.209 e. The molecule has 3 rings (SSSR count). The van der Waals surface area contributed by atoms with Crippen LogP contribution in [-0.2, 0) is 6.54 Å². The number of nitrogens with one attached hydrogen (secondary N) is 1. The van der Waals surface area contributed by atoms with E-state index < -0.39 is 0 Å². The van der Waals surface area contributed by atoms with Gasteiger partial charge in [0.05, 0.1) is 6.54 Å². The van der Waals surface area contributed by atoms with Crippen LogP contribution in [0.5, 0.6) is 0 Å². The van der Waals surface area contributed by atoms with Crippen LogP contribution in [0.2, 0.25) is 0 Å². The number of hydrogen-bond donors (Lipinski definition) is 1. The molecule has 6 heteroatoms. The van der Waals surface area contributed by atoms with Crippen LogP contribution in [-0.4, -0.2) is 32.8 Å². The van der Waals surface area contributed by atoms with Crippen LogP contribution in [0, 0.1) is 0 Å². The molecule has 1 heterocycles. The number of rotatable bonds is 7. The fourth-order valence-corrected chi connectivity index (χ4v) is 2.98. The number of hydrogen-bond acceptors (Lipinski definition) is 5. The summed E-state index contributed by atoms with van der Waals surface area (Å²) in [5.74, 6) is 0. The molecule has 1 unspecified atom stereocenters. The summed E-state index contributed by atoms with van der Waals surface area (Å²) in [5, 5.41) is 16.7. The van der Waals surface area contributed by atoms with Crippen LogP contribution in [0.25, 0.3) is 0 Å². The van der Waals surface area contributed by atoms with Crippen molar-refractivity contribution in [2.75, 3.05) is 6.54 Å². The minimum Gasteiger partial charge on any atom is -0.312 e. The minimum atomic E-state index is 0.345. The average Bonchev–Trinajstić information content (AvgIpc) is 3.20. The van der Waals surface area contributed by atoms with Crippen molar-refractivity contribution < 1.29 is 0 Å². The van der Waals surface area contributed by atoms with Crippen LogP contribution in [0.4, 0.5) is 0 Å². The number of aromatic nitrogens is 4. The van der Waals surface area contributed by atoms with Crippen LogP contribution >= 0.6 is 11.8 Å². The molecule has 0 bridgehead atoms. The molecule has 1 N–H and O–H groups in total. The van der Waals surface area contributed by atoms with Gasteiger partial charge in [0.15, 0.2) is 0 Å². The molecule has 0 spiro atoms. The molecule has 0 saturated heterocycles. The Hall–Kier alpha value is -1.40. The fourth-order valence-electron chi connectivity index (χ4n) is 2.03. The van der Waals surface area contributed by atoms with E-state index in [4.69, 9.17) is 0 Å². The molecule has 106 valence electrons. The lowest BCUT2D eigenvalue weighted by atomic mass is 10.2. The summed E-state index contributed by atoms with van der Waals surface area (Å²) < 4.78 is 1.89. The predicted molar refractivity (Wildman–Crippen MR) is 79.6 cm³/mol. The van der Waals surface area contributed by atoms with Gasteiger partial charge >= 0.3 is 0 Å². The first kappa shape index (κ1) is 13.6. The first-order chi connectivity index (χ1) is 9.83. The summed E-state index contributed by atoms with van der Waals surface area (Å²) in [7, 11) is 0. The Bertz CT molecular complexity index is 538. The Kier molecular flexibility index (Phi) is 4.32. The van der Waals surface area contributed by atoms with E-state index in [0.29, 0.717) is 5.25 Å². The summed E-state index contributed by atoms with van der Waals surface area (Å²) >= 11 is 1.70. The van der Waals surface area contributed by atoms with Gasteiger partial charge in [-0.15, -0.1) is 5.10 Å². The van der Waals surface area contributed by atoms with E-state index in [0.717, 1.165) is 24.3 Å². The van der Waals surface area contributed by atoms with Gasteiger partial charge in [0.2, 0.25) is 5.16 Å². The topological polar surface area (TPSA) is 55.6 Å². The molecule has 20 heavy (non-hydrogen) atoms. The molecular formula is C14H19N5S. The normalized spacial score (nSPS) is 16.2. The number of thioether (sulfide) groups is 1. The fraction of sp³-hybridized carbons (Fsp3) is 0.500. The predicted octanol–water partition coefficient (Wildman–Crippen LogP) is 2.28. The maximum atomic E-state index is 4.13. The summed E-state index contributed by atoms with van der Waals surface area (Å²) in [4.78, 5) is 0. The van der Waals surface area contributed by atoms with Crippen molar-refractivity contribution >= 4 is 11.8 Å². The lowest BCUT2D eigenvalue weighted by Crippen LogP contribution is -2.22. The number of tetrazole rings is 1. The van der Waals surface area contributed by atoms with Gasteiger partial charge in [0, 0.05) is 17.8 Å². The summed E-state index contributed by atoms with van der Waals surface area (Å²) in [6.07, 6.45) is 2.62. The van der Waals surface area contributed by atoms with E-state index in [9.17, 15) is 0 Å². The van der Waals surface area contributed by atoms with Crippen molar-refractivity contribution in [3.05, 3.63) is 35.9 Å². The zero-order valence-corrected chi connectivity index (χ0v) is 12.4. The van der Waals surface area contributed by atoms with Crippen molar-refractivity contribution in [2.24, 2.45) is 0 Å². The van der Waals surface area contributed by atoms with Crippen molar-refractivity contribution in [1.29, 1.82) is 0 Å². The van der Waals surface area contributed by atoms with Gasteiger partial charge in [-0.1, -0.05) is 42.1 Å². The average molecular weight is 289 g/mol. The van der Waals surface area contributed by atoms with E-state index in [1.54, 1.807) is 11.8 Å². The van der Waals surface area contributed by atoms with E-state index in [2.05, 4.69) is 52.0 Å². The van der Waals surface area contributed by atoms with Crippen molar-refractivity contribution in [2.45, 2.75) is 42.8 Å².